The molecule has 0 unspecified atom stereocenters. The van der Waals surface area contributed by atoms with Crippen LogP contribution in [0, 0.1) is 0 Å². The van der Waals surface area contributed by atoms with Crippen LogP contribution in [0.1, 0.15) is 88.5 Å². The van der Waals surface area contributed by atoms with Gasteiger partial charge in [-0.05, 0) is 25.5 Å². The molecular weight excluding hydrogens is 390 g/mol. The third-order valence-corrected chi connectivity index (χ3v) is 5.66. The van der Waals surface area contributed by atoms with Gasteiger partial charge in [0.05, 0.1) is 6.10 Å². The number of hydrogen-bond donors (Lipinski definition) is 4. The lowest BCUT2D eigenvalue weighted by molar-refractivity contribution is -0.125. The summed E-state index contributed by atoms with van der Waals surface area (Å²) in [6.45, 7) is 4.30. The maximum Gasteiger partial charge on any atom is 0.268 e. The van der Waals surface area contributed by atoms with E-state index in [0.29, 0.717) is 12.2 Å². The van der Waals surface area contributed by atoms with E-state index in [1.165, 1.54) is 58.3 Å². The first kappa shape index (κ1) is 24.9. The van der Waals surface area contributed by atoms with Gasteiger partial charge < -0.3 is 20.7 Å². The van der Waals surface area contributed by atoms with Gasteiger partial charge in [-0.1, -0.05) is 82.9 Å². The fraction of sp³-hybridized carbons (Fsp3) is 0.600. The van der Waals surface area contributed by atoms with Gasteiger partial charge in [-0.25, -0.2) is 0 Å². The number of carbonyl (C=O) groups excluding carboxylic acids is 2. The molecule has 6 heteroatoms. The topological polar surface area (TPSA) is 94.2 Å². The molecule has 1 aromatic heterocycles. The monoisotopic (exact) mass is 429 g/mol. The van der Waals surface area contributed by atoms with Crippen molar-refractivity contribution < 1.29 is 14.7 Å². The zero-order valence-corrected chi connectivity index (χ0v) is 19.1. The number of amides is 2. The average Bonchev–Trinajstić information content (AvgIpc) is 3.19. The lowest BCUT2D eigenvalue weighted by Crippen LogP contribution is -2.52. The number of benzene rings is 1. The van der Waals surface area contributed by atoms with Crippen LogP contribution in [-0.4, -0.2) is 40.6 Å². The second-order valence-corrected chi connectivity index (χ2v) is 8.44. The molecule has 0 saturated carbocycles. The minimum atomic E-state index is -0.985. The molecule has 1 heterocycles. The summed E-state index contributed by atoms with van der Waals surface area (Å²) in [6.07, 6.45) is 11.4. The number of fused-ring (bicyclic) bond motifs is 1. The van der Waals surface area contributed by atoms with Gasteiger partial charge >= 0.3 is 0 Å². The Hall–Kier alpha value is -2.34. The van der Waals surface area contributed by atoms with Gasteiger partial charge in [0.2, 0.25) is 5.91 Å². The van der Waals surface area contributed by atoms with Gasteiger partial charge in [-0.3, -0.25) is 9.59 Å². The molecule has 0 fully saturated rings. The minimum Gasteiger partial charge on any atom is -0.391 e. The Bertz CT molecular complexity index is 767. The number of aliphatic hydroxyl groups is 1. The van der Waals surface area contributed by atoms with E-state index >= 15 is 0 Å². The quantitative estimate of drug-likeness (QED) is 0.310. The van der Waals surface area contributed by atoms with Crippen molar-refractivity contribution in [2.24, 2.45) is 0 Å². The molecule has 2 amide bonds. The van der Waals surface area contributed by atoms with E-state index in [0.717, 1.165) is 23.7 Å². The molecule has 1 aromatic carbocycles. The third kappa shape index (κ3) is 8.74. The SMILES string of the molecule is CCCCCCCCCCCCNC(=O)[C@@H](NC(=O)c1cc2ccccc2[nH]1)[C@@H](C)O. The summed E-state index contributed by atoms with van der Waals surface area (Å²) in [5.41, 5.74) is 1.22. The average molecular weight is 430 g/mol. The Morgan fingerprint density at radius 1 is 0.968 bits per heavy atom. The Labute approximate surface area is 186 Å². The van der Waals surface area contributed by atoms with Crippen molar-refractivity contribution in [2.75, 3.05) is 6.54 Å². The number of aromatic nitrogens is 1. The van der Waals surface area contributed by atoms with Crippen LogP contribution in [0.25, 0.3) is 10.9 Å². The summed E-state index contributed by atoms with van der Waals surface area (Å²) in [6, 6.07) is 8.34. The molecule has 0 spiro atoms. The van der Waals surface area contributed by atoms with Crippen LogP contribution in [0.15, 0.2) is 30.3 Å². The first-order chi connectivity index (χ1) is 15.0. The molecule has 172 valence electrons. The molecule has 2 aromatic rings. The Balaban J connectivity index is 1.66. The van der Waals surface area contributed by atoms with E-state index in [9.17, 15) is 14.7 Å². The van der Waals surface area contributed by atoms with Crippen LogP contribution < -0.4 is 10.6 Å². The maximum atomic E-state index is 12.6. The van der Waals surface area contributed by atoms with Crippen molar-refractivity contribution in [1.82, 2.24) is 15.6 Å². The number of H-pyrrole nitrogens is 1. The van der Waals surface area contributed by atoms with E-state index in [1.807, 2.05) is 24.3 Å². The Morgan fingerprint density at radius 2 is 1.58 bits per heavy atom. The first-order valence-corrected chi connectivity index (χ1v) is 11.9. The highest BCUT2D eigenvalue weighted by atomic mass is 16.3. The van der Waals surface area contributed by atoms with E-state index in [1.54, 1.807) is 6.07 Å². The summed E-state index contributed by atoms with van der Waals surface area (Å²) in [7, 11) is 0. The van der Waals surface area contributed by atoms with Crippen molar-refractivity contribution in [1.29, 1.82) is 0 Å². The number of unbranched alkanes of at least 4 members (excludes halogenated alkanes) is 9. The van der Waals surface area contributed by atoms with Gasteiger partial charge in [0.25, 0.3) is 5.91 Å². The molecular formula is C25H39N3O3. The number of aromatic amines is 1. The predicted octanol–water partition coefficient (Wildman–Crippen LogP) is 4.68. The summed E-state index contributed by atoms with van der Waals surface area (Å²) < 4.78 is 0. The van der Waals surface area contributed by atoms with Gasteiger partial charge in [0.15, 0.2) is 0 Å². The van der Waals surface area contributed by atoms with E-state index in [2.05, 4.69) is 22.5 Å². The summed E-state index contributed by atoms with van der Waals surface area (Å²) in [5, 5.41) is 16.4. The smallest absolute Gasteiger partial charge is 0.268 e. The predicted molar refractivity (Wildman–Crippen MR) is 126 cm³/mol. The first-order valence-electron chi connectivity index (χ1n) is 11.9. The zero-order chi connectivity index (χ0) is 22.5. The highest BCUT2D eigenvalue weighted by Crippen LogP contribution is 2.15. The maximum absolute atomic E-state index is 12.6. The van der Waals surface area contributed by atoms with Crippen LogP contribution in [-0.2, 0) is 4.79 Å². The van der Waals surface area contributed by atoms with Crippen molar-refractivity contribution in [3.05, 3.63) is 36.0 Å². The molecule has 2 rings (SSSR count). The van der Waals surface area contributed by atoms with E-state index in [4.69, 9.17) is 0 Å². The highest BCUT2D eigenvalue weighted by molar-refractivity contribution is 6.00. The van der Waals surface area contributed by atoms with Crippen LogP contribution in [0.4, 0.5) is 0 Å². The third-order valence-electron chi connectivity index (χ3n) is 5.66. The lowest BCUT2D eigenvalue weighted by Gasteiger charge is -2.20. The van der Waals surface area contributed by atoms with Crippen LogP contribution in [0.2, 0.25) is 0 Å². The van der Waals surface area contributed by atoms with E-state index in [-0.39, 0.29) is 5.91 Å². The number of para-hydroxylation sites is 1. The van der Waals surface area contributed by atoms with Gasteiger partial charge in [-0.15, -0.1) is 0 Å². The van der Waals surface area contributed by atoms with Crippen molar-refractivity contribution in [2.45, 2.75) is 90.2 Å². The highest BCUT2D eigenvalue weighted by Gasteiger charge is 2.26. The summed E-state index contributed by atoms with van der Waals surface area (Å²) in [4.78, 5) is 28.1. The lowest BCUT2D eigenvalue weighted by atomic mass is 10.1. The van der Waals surface area contributed by atoms with Gasteiger partial charge in [0.1, 0.15) is 11.7 Å². The molecule has 0 aliphatic rings. The molecule has 0 radical (unpaired) electrons. The van der Waals surface area contributed by atoms with Crippen molar-refractivity contribution in [3.63, 3.8) is 0 Å². The van der Waals surface area contributed by atoms with Gasteiger partial charge in [-0.2, -0.15) is 0 Å². The Morgan fingerprint density at radius 3 is 2.19 bits per heavy atom. The number of aliphatic hydroxyl groups excluding tert-OH is 1. The van der Waals surface area contributed by atoms with Crippen LogP contribution >= 0.6 is 0 Å². The molecule has 31 heavy (non-hydrogen) atoms. The second-order valence-electron chi connectivity index (χ2n) is 8.44. The fourth-order valence-corrected chi connectivity index (χ4v) is 3.75. The molecule has 0 aliphatic carbocycles. The molecule has 4 N–H and O–H groups in total. The largest absolute Gasteiger partial charge is 0.391 e. The van der Waals surface area contributed by atoms with Crippen LogP contribution in [0.3, 0.4) is 0 Å². The molecule has 6 nitrogen and oxygen atoms in total. The summed E-state index contributed by atoms with van der Waals surface area (Å²) >= 11 is 0. The summed E-state index contributed by atoms with van der Waals surface area (Å²) in [5.74, 6) is -0.758. The molecule has 0 saturated heterocycles. The molecule has 0 aliphatic heterocycles. The zero-order valence-electron chi connectivity index (χ0n) is 19.1. The van der Waals surface area contributed by atoms with Gasteiger partial charge in [0, 0.05) is 17.4 Å². The number of carbonyl (C=O) groups is 2. The van der Waals surface area contributed by atoms with Crippen molar-refractivity contribution in [3.8, 4) is 0 Å². The normalized spacial score (nSPS) is 13.1. The number of hydrogen-bond acceptors (Lipinski definition) is 3. The molecule has 0 bridgehead atoms. The number of rotatable bonds is 15. The fourth-order valence-electron chi connectivity index (χ4n) is 3.75. The van der Waals surface area contributed by atoms with Crippen LogP contribution in [0.5, 0.6) is 0 Å². The number of nitrogens with one attached hydrogen (secondary N) is 3. The Kier molecular flexibility index (Phi) is 11.1. The second kappa shape index (κ2) is 13.9. The molecule has 2 atom stereocenters. The van der Waals surface area contributed by atoms with E-state index < -0.39 is 18.1 Å². The van der Waals surface area contributed by atoms with Crippen molar-refractivity contribution >= 4 is 22.7 Å². The minimum absolute atomic E-state index is 0.351. The standard InChI is InChI=1S/C25H39N3O3/c1-3-4-5-6-7-8-9-10-11-14-17-26-25(31)23(19(2)29)28-24(30)22-18-20-15-12-13-16-21(20)27-22/h12-13,15-16,18-19,23,27,29H,3-11,14,17H2,1-2H3,(H,26,31)(H,28,30)/t19-,23+/m1/s1.